The highest BCUT2D eigenvalue weighted by Gasteiger charge is 2.65. The van der Waals surface area contributed by atoms with Crippen LogP contribution in [-0.4, -0.2) is 66.2 Å². The molecule has 2 fully saturated rings. The summed E-state index contributed by atoms with van der Waals surface area (Å²) in [6, 6.07) is 0. The lowest BCUT2D eigenvalue weighted by Gasteiger charge is -2.52. The molecule has 2 saturated heterocycles. The number of nitrogens with zero attached hydrogens (tertiary/aromatic N) is 4. The summed E-state index contributed by atoms with van der Waals surface area (Å²) in [4.78, 5) is 12.8. The van der Waals surface area contributed by atoms with Crippen LogP contribution in [-0.2, 0) is 17.7 Å². The van der Waals surface area contributed by atoms with Gasteiger partial charge in [-0.2, -0.15) is 0 Å². The molecular formula is C25H43N5O5Si2. The third-order valence-electron chi connectivity index (χ3n) is 8.00. The van der Waals surface area contributed by atoms with Gasteiger partial charge in [-0.15, -0.1) is 6.58 Å². The maximum atomic E-state index is 12.4. The van der Waals surface area contributed by atoms with Crippen molar-refractivity contribution in [1.29, 1.82) is 0 Å². The summed E-state index contributed by atoms with van der Waals surface area (Å²) in [5.41, 5.74) is 6.16. The van der Waals surface area contributed by atoms with Crippen molar-refractivity contribution < 1.29 is 22.8 Å². The quantitative estimate of drug-likeness (QED) is 0.377. The zero-order chi connectivity index (χ0) is 27.3. The third kappa shape index (κ3) is 4.40. The molecule has 4 atom stereocenters. The number of fused-ring (bicyclic) bond motifs is 2. The van der Waals surface area contributed by atoms with E-state index in [-0.39, 0.29) is 41.0 Å². The van der Waals surface area contributed by atoms with E-state index in [1.807, 2.05) is 0 Å². The number of ether oxygens (including phenoxy) is 1. The van der Waals surface area contributed by atoms with E-state index in [0.29, 0.717) is 11.2 Å². The van der Waals surface area contributed by atoms with Crippen LogP contribution in [0.4, 0.5) is 5.82 Å². The van der Waals surface area contributed by atoms with Crippen LogP contribution in [0, 0.1) is 0 Å². The largest absolute Gasteiger partial charge is 0.414 e. The number of anilines is 1. The molecule has 2 aromatic rings. The van der Waals surface area contributed by atoms with E-state index in [1.54, 1.807) is 17.0 Å². The summed E-state index contributed by atoms with van der Waals surface area (Å²) in [6.45, 7) is 21.5. The van der Waals surface area contributed by atoms with E-state index in [9.17, 15) is 5.11 Å². The Kier molecular flexibility index (Phi) is 7.76. The van der Waals surface area contributed by atoms with Crippen LogP contribution in [0.3, 0.4) is 0 Å². The van der Waals surface area contributed by atoms with Crippen molar-refractivity contribution in [3.8, 4) is 0 Å². The normalized spacial score (nSPS) is 29.7. The molecule has 0 aromatic carbocycles. The Balaban J connectivity index is 1.88. The number of nitrogen functional groups attached to an aromatic ring is 1. The van der Waals surface area contributed by atoms with Crippen LogP contribution in [0.2, 0.25) is 22.2 Å². The van der Waals surface area contributed by atoms with E-state index < -0.39 is 41.2 Å². The molecule has 2 aromatic heterocycles. The number of aromatic nitrogens is 4. The van der Waals surface area contributed by atoms with Gasteiger partial charge in [-0.1, -0.05) is 61.5 Å². The van der Waals surface area contributed by atoms with E-state index >= 15 is 0 Å². The number of hydrogen-bond donors (Lipinski definition) is 2. The van der Waals surface area contributed by atoms with Gasteiger partial charge in [-0.05, 0) is 22.2 Å². The Morgan fingerprint density at radius 1 is 1.08 bits per heavy atom. The van der Waals surface area contributed by atoms with E-state index in [2.05, 4.69) is 76.9 Å². The minimum Gasteiger partial charge on any atom is -0.414 e. The second kappa shape index (κ2) is 10.1. The fourth-order valence-corrected chi connectivity index (χ4v) is 17.3. The van der Waals surface area contributed by atoms with Gasteiger partial charge in [0, 0.05) is 6.42 Å². The summed E-state index contributed by atoms with van der Waals surface area (Å²) in [7, 11) is -5.72. The number of hydrogen-bond acceptors (Lipinski definition) is 9. The molecule has 10 nitrogen and oxygen atoms in total. The molecule has 2 aliphatic rings. The first-order valence-corrected chi connectivity index (χ1v) is 17.2. The van der Waals surface area contributed by atoms with Crippen molar-refractivity contribution >= 4 is 34.1 Å². The molecule has 0 unspecified atom stereocenters. The SMILES string of the molecule is C=CC[C@]1(O)[C@@H]2O[Si](C(C)C)(C(C)C)O[Si](C(C)C)(C(C)C)OC[C@H]2O[C@H]1n1cnc2c(N)ncnc21. The Bertz CT molecular complexity index is 1110. The number of aliphatic hydroxyl groups is 1. The Labute approximate surface area is 222 Å². The molecule has 4 heterocycles. The molecule has 3 N–H and O–H groups in total. The first-order valence-electron chi connectivity index (χ1n) is 13.3. The molecule has 206 valence electrons. The van der Waals surface area contributed by atoms with Crippen LogP contribution >= 0.6 is 0 Å². The van der Waals surface area contributed by atoms with Crippen LogP contribution in [0.15, 0.2) is 25.3 Å². The second-order valence-corrected chi connectivity index (χ2v) is 20.5. The highest BCUT2D eigenvalue weighted by Crippen LogP contribution is 2.51. The van der Waals surface area contributed by atoms with Gasteiger partial charge in [0.05, 0.1) is 12.9 Å². The minimum atomic E-state index is -2.97. The summed E-state index contributed by atoms with van der Waals surface area (Å²) in [5.74, 6) is 0.267. The van der Waals surface area contributed by atoms with E-state index in [4.69, 9.17) is 23.4 Å². The van der Waals surface area contributed by atoms with Crippen LogP contribution in [0.1, 0.15) is 68.0 Å². The van der Waals surface area contributed by atoms with Crippen molar-refractivity contribution in [2.75, 3.05) is 12.3 Å². The second-order valence-electron chi connectivity index (χ2n) is 11.6. The van der Waals surface area contributed by atoms with Gasteiger partial charge in [0.2, 0.25) is 0 Å². The monoisotopic (exact) mass is 549 g/mol. The zero-order valence-corrected chi connectivity index (χ0v) is 25.3. The lowest BCUT2D eigenvalue weighted by atomic mass is 9.90. The van der Waals surface area contributed by atoms with Gasteiger partial charge >= 0.3 is 17.1 Å². The summed E-state index contributed by atoms with van der Waals surface area (Å²) in [6.07, 6.45) is 2.83. The standard InChI is InChI=1S/C25H43N5O5Si2/c1-10-11-25(31)21-19(33-24(25)30-14-29-20-22(26)27-13-28-23(20)30)12-32-36(15(2)3,16(4)5)35-37(34-21,17(6)7)18(8)9/h10,13-19,21,24,31H,1,11-12H2,2-9H3,(H2,26,27,28)/t19-,21-,24-,25+/m1/s1. The maximum Gasteiger partial charge on any atom is 0.335 e. The summed E-state index contributed by atoms with van der Waals surface area (Å²) in [5, 5.41) is 12.4. The minimum absolute atomic E-state index is 0.118. The maximum absolute atomic E-state index is 12.4. The molecule has 12 heteroatoms. The lowest BCUT2D eigenvalue weighted by Crippen LogP contribution is -2.67. The third-order valence-corrected chi connectivity index (χ3v) is 18.2. The molecule has 0 spiro atoms. The van der Waals surface area contributed by atoms with Crippen LogP contribution < -0.4 is 5.73 Å². The molecule has 0 bridgehead atoms. The van der Waals surface area contributed by atoms with Gasteiger partial charge in [-0.3, -0.25) is 4.57 Å². The van der Waals surface area contributed by atoms with Crippen LogP contribution in [0.25, 0.3) is 11.2 Å². The molecule has 0 radical (unpaired) electrons. The van der Waals surface area contributed by atoms with Crippen molar-refractivity contribution in [2.24, 2.45) is 0 Å². The predicted molar refractivity (Wildman–Crippen MR) is 147 cm³/mol. The fourth-order valence-electron chi connectivity index (χ4n) is 6.04. The fraction of sp³-hybridized carbons (Fsp3) is 0.720. The molecule has 2 aliphatic heterocycles. The van der Waals surface area contributed by atoms with Crippen molar-refractivity contribution in [2.45, 2.75) is 108 Å². The molecule has 4 rings (SSSR count). The summed E-state index contributed by atoms with van der Waals surface area (Å²) >= 11 is 0. The Morgan fingerprint density at radius 3 is 2.27 bits per heavy atom. The lowest BCUT2D eigenvalue weighted by molar-refractivity contribution is -0.104. The van der Waals surface area contributed by atoms with Crippen molar-refractivity contribution in [3.05, 3.63) is 25.3 Å². The van der Waals surface area contributed by atoms with E-state index in [1.165, 1.54) is 6.33 Å². The zero-order valence-electron chi connectivity index (χ0n) is 23.3. The molecule has 0 aliphatic carbocycles. The van der Waals surface area contributed by atoms with Crippen molar-refractivity contribution in [3.63, 3.8) is 0 Å². The molecule has 0 amide bonds. The van der Waals surface area contributed by atoms with E-state index in [0.717, 1.165) is 0 Å². The number of nitrogens with two attached hydrogens (primary N) is 1. The number of rotatable bonds is 7. The first-order chi connectivity index (χ1) is 17.3. The van der Waals surface area contributed by atoms with Gasteiger partial charge in [0.1, 0.15) is 29.7 Å². The topological polar surface area (TPSA) is 127 Å². The average Bonchev–Trinajstić information content (AvgIpc) is 3.33. The highest BCUT2D eigenvalue weighted by molar-refractivity contribution is 6.84. The Hall–Kier alpha value is -1.68. The molecular weight excluding hydrogens is 506 g/mol. The van der Waals surface area contributed by atoms with Crippen molar-refractivity contribution in [1.82, 2.24) is 19.5 Å². The predicted octanol–water partition coefficient (Wildman–Crippen LogP) is 4.57. The highest BCUT2D eigenvalue weighted by atomic mass is 28.5. The van der Waals surface area contributed by atoms with Crippen LogP contribution in [0.5, 0.6) is 0 Å². The smallest absolute Gasteiger partial charge is 0.335 e. The Morgan fingerprint density at radius 2 is 1.70 bits per heavy atom. The first kappa shape index (κ1) is 28.3. The summed E-state index contributed by atoms with van der Waals surface area (Å²) < 4.78 is 29.7. The van der Waals surface area contributed by atoms with Gasteiger partial charge in [0.25, 0.3) is 0 Å². The van der Waals surface area contributed by atoms with Gasteiger partial charge in [0.15, 0.2) is 17.7 Å². The average molecular weight is 550 g/mol. The molecule has 0 saturated carbocycles. The number of imidazole rings is 1. The van der Waals surface area contributed by atoms with Gasteiger partial charge in [-0.25, -0.2) is 15.0 Å². The molecule has 37 heavy (non-hydrogen) atoms. The van der Waals surface area contributed by atoms with Gasteiger partial charge < -0.3 is 28.5 Å².